The lowest BCUT2D eigenvalue weighted by Gasteiger charge is -2.29. The number of nitrogens with zero attached hydrogens (tertiary/aromatic N) is 1. The number of benzene rings is 1. The van der Waals surface area contributed by atoms with E-state index in [1.165, 1.54) is 6.07 Å². The molecule has 1 aromatic carbocycles. The molecule has 0 aliphatic rings. The lowest BCUT2D eigenvalue weighted by Crippen LogP contribution is -2.31. The molecule has 0 heterocycles. The van der Waals surface area contributed by atoms with E-state index < -0.39 is 0 Å². The molecule has 0 radical (unpaired) electrons. The minimum absolute atomic E-state index is 0.128. The van der Waals surface area contributed by atoms with Crippen molar-refractivity contribution in [2.75, 3.05) is 5.32 Å². The Morgan fingerprint density at radius 3 is 2.41 bits per heavy atom. The second kappa shape index (κ2) is 5.20. The predicted molar refractivity (Wildman–Crippen MR) is 78.4 cm³/mol. The van der Waals surface area contributed by atoms with Crippen molar-refractivity contribution in [3.05, 3.63) is 31.9 Å². The monoisotopic (exact) mass is 348 g/mol. The lowest BCUT2D eigenvalue weighted by atomic mass is 9.88. The molecule has 0 amide bonds. The van der Waals surface area contributed by atoms with Crippen LogP contribution in [0, 0.1) is 19.1 Å². The number of halogens is 1. The van der Waals surface area contributed by atoms with Crippen LogP contribution in [0.4, 0.5) is 11.4 Å². The molecule has 1 unspecified atom stereocenters. The topological polar surface area (TPSA) is 55.2 Å². The molecule has 0 aliphatic carbocycles. The fraction of sp³-hybridized carbons (Fsp3) is 0.500. The second-order valence-corrected chi connectivity index (χ2v) is 6.32. The molecular formula is C12H17IN2O2. The number of rotatable bonds is 3. The van der Waals surface area contributed by atoms with Crippen LogP contribution in [0.2, 0.25) is 0 Å². The molecule has 94 valence electrons. The molecule has 0 aliphatic heterocycles. The first-order valence-electron chi connectivity index (χ1n) is 5.42. The summed E-state index contributed by atoms with van der Waals surface area (Å²) < 4.78 is 0.868. The van der Waals surface area contributed by atoms with Gasteiger partial charge in [0.25, 0.3) is 5.69 Å². The average molecular weight is 348 g/mol. The van der Waals surface area contributed by atoms with Crippen LogP contribution in [0.25, 0.3) is 0 Å². The largest absolute Gasteiger partial charge is 0.381 e. The number of hydrogen-bond acceptors (Lipinski definition) is 3. The summed E-state index contributed by atoms with van der Waals surface area (Å²) in [6.07, 6.45) is 0. The molecule has 1 aromatic rings. The first-order valence-corrected chi connectivity index (χ1v) is 6.50. The first kappa shape index (κ1) is 14.2. The minimum atomic E-state index is -0.376. The third-order valence-electron chi connectivity index (χ3n) is 2.83. The Hall–Kier alpha value is -0.850. The van der Waals surface area contributed by atoms with Crippen LogP contribution in [-0.2, 0) is 0 Å². The zero-order valence-corrected chi connectivity index (χ0v) is 12.6. The van der Waals surface area contributed by atoms with E-state index in [0.717, 1.165) is 9.26 Å². The van der Waals surface area contributed by atoms with Gasteiger partial charge in [-0.2, -0.15) is 0 Å². The molecule has 0 bridgehead atoms. The third kappa shape index (κ3) is 3.83. The van der Waals surface area contributed by atoms with Crippen molar-refractivity contribution >= 4 is 34.0 Å². The number of nitro groups is 1. The van der Waals surface area contributed by atoms with Crippen molar-refractivity contribution in [1.29, 1.82) is 0 Å². The zero-order valence-electron chi connectivity index (χ0n) is 10.5. The van der Waals surface area contributed by atoms with Gasteiger partial charge in [0, 0.05) is 27.4 Å². The van der Waals surface area contributed by atoms with Crippen molar-refractivity contribution in [2.45, 2.75) is 33.7 Å². The van der Waals surface area contributed by atoms with Crippen molar-refractivity contribution in [3.8, 4) is 0 Å². The van der Waals surface area contributed by atoms with Gasteiger partial charge in [0.1, 0.15) is 0 Å². The number of non-ortho nitro benzene ring substituents is 1. The molecule has 0 fully saturated rings. The Balaban J connectivity index is 2.90. The number of anilines is 1. The molecule has 5 heteroatoms. The number of nitro benzene ring substituents is 1. The van der Waals surface area contributed by atoms with E-state index in [4.69, 9.17) is 0 Å². The maximum atomic E-state index is 10.6. The van der Waals surface area contributed by atoms with Gasteiger partial charge in [0.2, 0.25) is 0 Å². The van der Waals surface area contributed by atoms with Gasteiger partial charge in [0.15, 0.2) is 0 Å². The van der Waals surface area contributed by atoms with E-state index in [2.05, 4.69) is 55.6 Å². The molecule has 17 heavy (non-hydrogen) atoms. The Morgan fingerprint density at radius 2 is 2.00 bits per heavy atom. The van der Waals surface area contributed by atoms with Gasteiger partial charge in [0.05, 0.1) is 4.92 Å². The molecule has 1 atom stereocenters. The van der Waals surface area contributed by atoms with E-state index in [0.29, 0.717) is 0 Å². The highest BCUT2D eigenvalue weighted by atomic mass is 127. The zero-order chi connectivity index (χ0) is 13.2. The Morgan fingerprint density at radius 1 is 1.41 bits per heavy atom. The summed E-state index contributed by atoms with van der Waals surface area (Å²) in [6, 6.07) is 5.16. The van der Waals surface area contributed by atoms with Crippen LogP contribution in [-0.4, -0.2) is 11.0 Å². The van der Waals surface area contributed by atoms with E-state index in [9.17, 15) is 10.1 Å². The molecule has 1 rings (SSSR count). The van der Waals surface area contributed by atoms with Gasteiger partial charge in [-0.25, -0.2) is 0 Å². The molecule has 0 spiro atoms. The summed E-state index contributed by atoms with van der Waals surface area (Å²) in [5.74, 6) is 0. The first-order chi connectivity index (χ1) is 7.71. The van der Waals surface area contributed by atoms with Crippen LogP contribution in [0.5, 0.6) is 0 Å². The minimum Gasteiger partial charge on any atom is -0.381 e. The van der Waals surface area contributed by atoms with E-state index >= 15 is 0 Å². The lowest BCUT2D eigenvalue weighted by molar-refractivity contribution is -0.384. The van der Waals surface area contributed by atoms with Crippen LogP contribution >= 0.6 is 22.6 Å². The van der Waals surface area contributed by atoms with Crippen molar-refractivity contribution in [3.63, 3.8) is 0 Å². The fourth-order valence-electron chi connectivity index (χ4n) is 1.18. The van der Waals surface area contributed by atoms with Gasteiger partial charge in [-0.15, -0.1) is 0 Å². The summed E-state index contributed by atoms with van der Waals surface area (Å²) in [4.78, 5) is 10.3. The van der Waals surface area contributed by atoms with E-state index in [1.807, 2.05) is 0 Å². The van der Waals surface area contributed by atoms with Gasteiger partial charge >= 0.3 is 0 Å². The highest BCUT2D eigenvalue weighted by Gasteiger charge is 2.20. The van der Waals surface area contributed by atoms with E-state index in [-0.39, 0.29) is 22.1 Å². The van der Waals surface area contributed by atoms with Crippen molar-refractivity contribution < 1.29 is 4.92 Å². The molecule has 0 saturated carbocycles. The van der Waals surface area contributed by atoms with Gasteiger partial charge in [-0.1, -0.05) is 20.8 Å². The molecule has 0 saturated heterocycles. The predicted octanol–water partition coefficient (Wildman–Crippen LogP) is 4.05. The summed E-state index contributed by atoms with van der Waals surface area (Å²) in [6.45, 7) is 8.58. The second-order valence-electron chi connectivity index (χ2n) is 5.15. The molecule has 1 N–H and O–H groups in total. The standard InChI is InChI=1S/C12H17IN2O2/c1-8(12(2,3)4)14-11-6-5-9(15(16)17)7-10(11)13/h5-8,14H,1-4H3. The Bertz CT molecular complexity index is 427. The quantitative estimate of drug-likeness (QED) is 0.509. The summed E-state index contributed by atoms with van der Waals surface area (Å²) in [5.41, 5.74) is 1.21. The van der Waals surface area contributed by atoms with Crippen LogP contribution in [0.15, 0.2) is 18.2 Å². The maximum absolute atomic E-state index is 10.6. The fourth-order valence-corrected chi connectivity index (χ4v) is 1.84. The van der Waals surface area contributed by atoms with Gasteiger partial charge in [-0.05, 0) is 41.0 Å². The summed E-state index contributed by atoms with van der Waals surface area (Å²) >= 11 is 2.11. The van der Waals surface area contributed by atoms with Crippen molar-refractivity contribution in [1.82, 2.24) is 0 Å². The highest BCUT2D eigenvalue weighted by Crippen LogP contribution is 2.28. The van der Waals surface area contributed by atoms with Crippen LogP contribution in [0.3, 0.4) is 0 Å². The normalized spacial score (nSPS) is 13.2. The van der Waals surface area contributed by atoms with Crippen LogP contribution < -0.4 is 5.32 Å². The number of hydrogen-bond donors (Lipinski definition) is 1. The summed E-state index contributed by atoms with van der Waals surface area (Å²) in [5, 5.41) is 14.0. The Kier molecular flexibility index (Phi) is 4.35. The average Bonchev–Trinajstić information content (AvgIpc) is 2.19. The Labute approximate surface area is 115 Å². The molecule has 0 aromatic heterocycles. The van der Waals surface area contributed by atoms with Crippen molar-refractivity contribution in [2.24, 2.45) is 5.41 Å². The molecule has 4 nitrogen and oxygen atoms in total. The smallest absolute Gasteiger partial charge is 0.270 e. The van der Waals surface area contributed by atoms with Gasteiger partial charge in [-0.3, -0.25) is 10.1 Å². The van der Waals surface area contributed by atoms with Crippen LogP contribution in [0.1, 0.15) is 27.7 Å². The summed E-state index contributed by atoms with van der Waals surface area (Å²) in [7, 11) is 0. The SMILES string of the molecule is CC(Nc1ccc([N+](=O)[O-])cc1I)C(C)(C)C. The maximum Gasteiger partial charge on any atom is 0.270 e. The van der Waals surface area contributed by atoms with Gasteiger partial charge < -0.3 is 5.32 Å². The number of nitrogens with one attached hydrogen (secondary N) is 1. The molecular weight excluding hydrogens is 331 g/mol. The highest BCUT2D eigenvalue weighted by molar-refractivity contribution is 14.1. The van der Waals surface area contributed by atoms with E-state index in [1.54, 1.807) is 12.1 Å². The third-order valence-corrected chi connectivity index (χ3v) is 3.73.